The van der Waals surface area contributed by atoms with Gasteiger partial charge in [0.1, 0.15) is 11.0 Å². The Hall–Kier alpha value is -3.93. The summed E-state index contributed by atoms with van der Waals surface area (Å²) in [7, 11) is 0. The molecule has 2 aromatic rings. The molecule has 32 heavy (non-hydrogen) atoms. The molecule has 11 nitrogen and oxygen atoms in total. The quantitative estimate of drug-likeness (QED) is 0.0947. The minimum Gasteiger partial charge on any atom is -0.504 e. The Bertz CT molecular complexity index is 997. The number of nitrogens with one attached hydrogen (secondary N) is 1. The number of phenols is 2. The van der Waals surface area contributed by atoms with Crippen molar-refractivity contribution < 1.29 is 34.5 Å². The molecule has 12 heteroatoms. The molecular formula is C20H21N3O8S. The lowest BCUT2D eigenvalue weighted by Crippen LogP contribution is -2.43. The van der Waals surface area contributed by atoms with Gasteiger partial charge in [0.15, 0.2) is 11.5 Å². The number of phenolic OH excluding ortho intramolecular Hbond substituents is 2. The second kappa shape index (κ2) is 11.5. The number of hydrogen-bond acceptors (Lipinski definition) is 9. The molecule has 0 heterocycles. The first kappa shape index (κ1) is 24.3. The molecule has 0 saturated heterocycles. The van der Waals surface area contributed by atoms with Gasteiger partial charge >= 0.3 is 5.97 Å². The van der Waals surface area contributed by atoms with Crippen LogP contribution in [0.4, 0.5) is 0 Å². The van der Waals surface area contributed by atoms with Crippen molar-refractivity contribution in [3.05, 3.63) is 69.3 Å². The highest BCUT2D eigenvalue weighted by atomic mass is 32.1. The number of esters is 1. The number of carbonyl (C=O) groups is 2. The first-order chi connectivity index (χ1) is 15.2. The number of nitrogens with zero attached hydrogens (tertiary/aromatic N) is 1. The molecule has 2 aromatic carbocycles. The zero-order valence-corrected chi connectivity index (χ0v) is 17.5. The van der Waals surface area contributed by atoms with Gasteiger partial charge in [0.2, 0.25) is 0 Å². The molecule has 0 spiro atoms. The van der Waals surface area contributed by atoms with Crippen molar-refractivity contribution in [3.8, 4) is 11.5 Å². The topological polar surface area (TPSA) is 174 Å². The molecule has 0 bridgehead atoms. The normalized spacial score (nSPS) is 11.2. The van der Waals surface area contributed by atoms with Crippen molar-refractivity contribution >= 4 is 29.1 Å². The summed E-state index contributed by atoms with van der Waals surface area (Å²) >= 11 is 4.87. The Kier molecular flexibility index (Phi) is 8.72. The van der Waals surface area contributed by atoms with E-state index in [1.165, 1.54) is 30.3 Å². The zero-order valence-electron chi connectivity index (χ0n) is 16.7. The van der Waals surface area contributed by atoms with Crippen LogP contribution in [-0.4, -0.2) is 51.4 Å². The summed E-state index contributed by atoms with van der Waals surface area (Å²) in [5, 5.41) is 30.9. The van der Waals surface area contributed by atoms with E-state index < -0.39 is 23.0 Å². The van der Waals surface area contributed by atoms with Crippen LogP contribution < -0.4 is 11.1 Å². The highest BCUT2D eigenvalue weighted by Gasteiger charge is 2.24. The molecule has 0 aliphatic rings. The Morgan fingerprint density at radius 1 is 1.09 bits per heavy atom. The Labute approximate surface area is 187 Å². The summed E-state index contributed by atoms with van der Waals surface area (Å²) in [6.07, 6.45) is 0.0304. The molecule has 1 unspecified atom stereocenters. The molecule has 0 fully saturated rings. The zero-order chi connectivity index (χ0) is 23.7. The van der Waals surface area contributed by atoms with Crippen LogP contribution in [-0.2, 0) is 20.8 Å². The Morgan fingerprint density at radius 2 is 1.75 bits per heavy atom. The van der Waals surface area contributed by atoms with Gasteiger partial charge in [-0.25, -0.2) is 4.79 Å². The average Bonchev–Trinajstić information content (AvgIpc) is 2.75. The summed E-state index contributed by atoms with van der Waals surface area (Å²) in [5.41, 5.74) is 6.81. The van der Waals surface area contributed by atoms with E-state index in [1.54, 1.807) is 12.1 Å². The second-order valence-corrected chi connectivity index (χ2v) is 7.01. The smallest absolute Gasteiger partial charge is 0.328 e. The first-order valence-electron chi connectivity index (χ1n) is 9.33. The van der Waals surface area contributed by atoms with E-state index in [4.69, 9.17) is 22.7 Å². The fourth-order valence-electron chi connectivity index (χ4n) is 2.62. The predicted molar refractivity (Wildman–Crippen MR) is 116 cm³/mol. The van der Waals surface area contributed by atoms with Crippen LogP contribution >= 0.6 is 12.2 Å². The van der Waals surface area contributed by atoms with Crippen LogP contribution in [0, 0.1) is 10.1 Å². The van der Waals surface area contributed by atoms with Gasteiger partial charge in [-0.2, -0.15) is 0 Å². The van der Waals surface area contributed by atoms with E-state index in [0.717, 1.165) is 0 Å². The number of ether oxygens (including phenoxy) is 1. The van der Waals surface area contributed by atoms with Crippen LogP contribution in [0.25, 0.3) is 0 Å². The van der Waals surface area contributed by atoms with E-state index in [1.807, 2.05) is 0 Å². The lowest BCUT2D eigenvalue weighted by molar-refractivity contribution is -0.757. The van der Waals surface area contributed by atoms with Crippen LogP contribution in [0.15, 0.2) is 42.5 Å². The van der Waals surface area contributed by atoms with Gasteiger partial charge in [-0.15, -0.1) is 10.1 Å². The second-order valence-electron chi connectivity index (χ2n) is 6.57. The van der Waals surface area contributed by atoms with Crippen molar-refractivity contribution in [2.24, 2.45) is 5.73 Å². The molecule has 0 radical (unpaired) electrons. The van der Waals surface area contributed by atoms with Gasteiger partial charge < -0.3 is 30.8 Å². The summed E-state index contributed by atoms with van der Waals surface area (Å²) in [4.78, 5) is 39.7. The van der Waals surface area contributed by atoms with Gasteiger partial charge in [-0.3, -0.25) is 4.79 Å². The average molecular weight is 463 g/mol. The number of hydrogen-bond donors (Lipinski definition) is 4. The van der Waals surface area contributed by atoms with Crippen LogP contribution in [0.1, 0.15) is 27.9 Å². The SMILES string of the molecule is NC(=S)c1ccc(C(=O)NC(Cc2ccc(O)c(O)c2)C(=O)OCCCO[N+](=O)[O-])cc1. The van der Waals surface area contributed by atoms with Crippen LogP contribution in [0.5, 0.6) is 11.5 Å². The third kappa shape index (κ3) is 7.40. The predicted octanol–water partition coefficient (Wildman–Crippen LogP) is 1.21. The maximum absolute atomic E-state index is 12.6. The minimum absolute atomic E-state index is 0.0468. The molecule has 1 amide bonds. The van der Waals surface area contributed by atoms with Crippen molar-refractivity contribution in [1.29, 1.82) is 0 Å². The van der Waals surface area contributed by atoms with Crippen molar-refractivity contribution in [1.82, 2.24) is 5.32 Å². The monoisotopic (exact) mass is 463 g/mol. The molecule has 0 aliphatic heterocycles. The maximum atomic E-state index is 12.6. The van der Waals surface area contributed by atoms with E-state index >= 15 is 0 Å². The molecule has 0 saturated carbocycles. The standard InChI is InChI=1S/C20H21N3O8S/c21-18(32)13-3-5-14(6-4-13)19(26)22-15(10-12-2-7-16(24)17(25)11-12)20(27)30-8-1-9-31-23(28)29/h2-7,11,15,24-25H,1,8-10H2,(H2,21,32)(H,22,26). The lowest BCUT2D eigenvalue weighted by atomic mass is 10.0. The third-order valence-corrected chi connectivity index (χ3v) is 4.47. The molecule has 2 rings (SSSR count). The fraction of sp³-hybridized carbons (Fsp3) is 0.250. The Morgan fingerprint density at radius 3 is 2.34 bits per heavy atom. The molecule has 0 aromatic heterocycles. The van der Waals surface area contributed by atoms with Gasteiger partial charge in [0, 0.05) is 24.0 Å². The largest absolute Gasteiger partial charge is 0.504 e. The van der Waals surface area contributed by atoms with E-state index in [9.17, 15) is 29.9 Å². The van der Waals surface area contributed by atoms with E-state index in [0.29, 0.717) is 11.1 Å². The molecule has 1 atom stereocenters. The number of thiocarbonyl (C=S) groups is 1. The summed E-state index contributed by atoms with van der Waals surface area (Å²) < 4.78 is 5.10. The minimum atomic E-state index is -1.14. The molecule has 170 valence electrons. The van der Waals surface area contributed by atoms with Crippen molar-refractivity contribution in [2.75, 3.05) is 13.2 Å². The van der Waals surface area contributed by atoms with Gasteiger partial charge in [0.25, 0.3) is 11.0 Å². The lowest BCUT2D eigenvalue weighted by Gasteiger charge is -2.18. The van der Waals surface area contributed by atoms with Crippen molar-refractivity contribution in [2.45, 2.75) is 18.9 Å². The van der Waals surface area contributed by atoms with Gasteiger partial charge in [-0.1, -0.05) is 30.4 Å². The van der Waals surface area contributed by atoms with Crippen LogP contribution in [0.3, 0.4) is 0 Å². The van der Waals surface area contributed by atoms with Gasteiger partial charge in [0.05, 0.1) is 13.2 Å². The van der Waals surface area contributed by atoms with Crippen LogP contribution in [0.2, 0.25) is 0 Å². The highest BCUT2D eigenvalue weighted by molar-refractivity contribution is 7.80. The van der Waals surface area contributed by atoms with Crippen molar-refractivity contribution in [3.63, 3.8) is 0 Å². The maximum Gasteiger partial charge on any atom is 0.328 e. The number of nitrogens with two attached hydrogens (primary N) is 1. The highest BCUT2D eigenvalue weighted by Crippen LogP contribution is 2.25. The number of aromatic hydroxyl groups is 2. The Balaban J connectivity index is 2.10. The number of amides is 1. The van der Waals surface area contributed by atoms with E-state index in [2.05, 4.69) is 10.2 Å². The molecular weight excluding hydrogens is 442 g/mol. The fourth-order valence-corrected chi connectivity index (χ4v) is 2.76. The number of rotatable bonds is 11. The van der Waals surface area contributed by atoms with Gasteiger partial charge in [-0.05, 0) is 29.8 Å². The summed E-state index contributed by atoms with van der Waals surface area (Å²) in [6.45, 7) is -0.416. The first-order valence-corrected chi connectivity index (χ1v) is 9.73. The van der Waals surface area contributed by atoms with E-state index in [-0.39, 0.29) is 48.1 Å². The number of benzene rings is 2. The summed E-state index contributed by atoms with van der Waals surface area (Å²) in [5.74, 6) is -2.07. The molecule has 0 aliphatic carbocycles. The third-order valence-electron chi connectivity index (χ3n) is 4.23. The molecule has 5 N–H and O–H groups in total. The number of carbonyl (C=O) groups excluding carboxylic acids is 2. The summed E-state index contributed by atoms with van der Waals surface area (Å²) in [6, 6.07) is 8.96.